The molecule has 1 rings (SSSR count). The molecule has 0 saturated carbocycles. The quantitative estimate of drug-likeness (QED) is 0.460. The van der Waals surface area contributed by atoms with Crippen LogP contribution in [0.1, 0.15) is 19.8 Å². The van der Waals surface area contributed by atoms with E-state index < -0.39 is 0 Å². The normalized spacial score (nSPS) is 12.4. The first-order chi connectivity index (χ1) is 7.11. The van der Waals surface area contributed by atoms with Crippen molar-refractivity contribution in [2.75, 3.05) is 0 Å². The van der Waals surface area contributed by atoms with Gasteiger partial charge in [0.15, 0.2) is 0 Å². The highest BCUT2D eigenvalue weighted by molar-refractivity contribution is 8.00. The Morgan fingerprint density at radius 3 is 2.87 bits per heavy atom. The van der Waals surface area contributed by atoms with Gasteiger partial charge >= 0.3 is 0 Å². The highest BCUT2D eigenvalue weighted by atomic mass is 32.2. The van der Waals surface area contributed by atoms with E-state index in [1.807, 2.05) is 13.0 Å². The van der Waals surface area contributed by atoms with Crippen molar-refractivity contribution in [1.82, 2.24) is 0 Å². The van der Waals surface area contributed by atoms with E-state index in [0.29, 0.717) is 6.42 Å². The topological polar surface area (TPSA) is 49.9 Å². The summed E-state index contributed by atoms with van der Waals surface area (Å²) in [5, 5.41) is 7.48. The Bertz CT molecular complexity index is 341. The van der Waals surface area contributed by atoms with Crippen molar-refractivity contribution in [1.29, 1.82) is 5.41 Å². The summed E-state index contributed by atoms with van der Waals surface area (Å²) in [4.78, 5) is 0.892. The fourth-order valence-corrected chi connectivity index (χ4v) is 2.40. The van der Waals surface area contributed by atoms with E-state index >= 15 is 0 Å². The van der Waals surface area contributed by atoms with Gasteiger partial charge in [-0.25, -0.2) is 4.39 Å². The van der Waals surface area contributed by atoms with Gasteiger partial charge in [0.1, 0.15) is 5.82 Å². The number of nitrogens with two attached hydrogens (primary N) is 1. The summed E-state index contributed by atoms with van der Waals surface area (Å²) in [6, 6.07) is 6.50. The van der Waals surface area contributed by atoms with Crippen LogP contribution in [0.3, 0.4) is 0 Å². The van der Waals surface area contributed by atoms with Crippen molar-refractivity contribution < 1.29 is 4.39 Å². The fraction of sp³-hybridized carbons (Fsp3) is 0.364. The lowest BCUT2D eigenvalue weighted by atomic mass is 10.2. The predicted molar refractivity (Wildman–Crippen MR) is 62.9 cm³/mol. The van der Waals surface area contributed by atoms with Crippen LogP contribution in [-0.2, 0) is 0 Å². The molecule has 1 aromatic rings. The lowest BCUT2D eigenvalue weighted by Crippen LogP contribution is -2.16. The molecule has 2 nitrogen and oxygen atoms in total. The summed E-state index contributed by atoms with van der Waals surface area (Å²) in [5.41, 5.74) is 5.35. The van der Waals surface area contributed by atoms with Gasteiger partial charge in [-0.1, -0.05) is 13.0 Å². The maximum atomic E-state index is 12.9. The van der Waals surface area contributed by atoms with Gasteiger partial charge in [-0.05, 0) is 24.6 Å². The van der Waals surface area contributed by atoms with Gasteiger partial charge in [-0.15, -0.1) is 11.8 Å². The van der Waals surface area contributed by atoms with Crippen molar-refractivity contribution in [2.24, 2.45) is 5.73 Å². The zero-order chi connectivity index (χ0) is 11.3. The predicted octanol–water partition coefficient (Wildman–Crippen LogP) is 3.02. The van der Waals surface area contributed by atoms with Gasteiger partial charge in [-0.3, -0.25) is 5.41 Å². The third-order valence-electron chi connectivity index (χ3n) is 2.00. The Hall–Kier alpha value is -1.03. The molecule has 0 aliphatic heterocycles. The number of thioether (sulfide) groups is 1. The second kappa shape index (κ2) is 5.75. The van der Waals surface area contributed by atoms with Crippen molar-refractivity contribution in [2.45, 2.75) is 29.9 Å². The zero-order valence-corrected chi connectivity index (χ0v) is 9.48. The fourth-order valence-electron chi connectivity index (χ4n) is 1.25. The summed E-state index contributed by atoms with van der Waals surface area (Å²) in [5.74, 6) is -0.0385. The molecule has 0 bridgehead atoms. The van der Waals surface area contributed by atoms with Crippen molar-refractivity contribution in [3.63, 3.8) is 0 Å². The van der Waals surface area contributed by atoms with Gasteiger partial charge in [0.05, 0.1) is 5.84 Å². The van der Waals surface area contributed by atoms with Crippen LogP contribution < -0.4 is 5.73 Å². The summed E-state index contributed by atoms with van der Waals surface area (Å²) < 4.78 is 12.9. The summed E-state index contributed by atoms with van der Waals surface area (Å²) in [6.45, 7) is 2.04. The van der Waals surface area contributed by atoms with Crippen LogP contribution in [0, 0.1) is 11.2 Å². The highest BCUT2D eigenvalue weighted by Gasteiger charge is 2.09. The Labute approximate surface area is 93.6 Å². The van der Waals surface area contributed by atoms with E-state index in [1.54, 1.807) is 17.8 Å². The van der Waals surface area contributed by atoms with E-state index in [4.69, 9.17) is 11.1 Å². The van der Waals surface area contributed by atoms with Crippen molar-refractivity contribution >= 4 is 17.6 Å². The second-order valence-electron chi connectivity index (χ2n) is 3.33. The number of halogens is 1. The molecule has 1 unspecified atom stereocenters. The van der Waals surface area contributed by atoms with Crippen molar-refractivity contribution in [3.8, 4) is 0 Å². The van der Waals surface area contributed by atoms with Crippen LogP contribution in [0.4, 0.5) is 4.39 Å². The van der Waals surface area contributed by atoms with Gasteiger partial charge in [0.25, 0.3) is 0 Å². The summed E-state index contributed by atoms with van der Waals surface area (Å²) >= 11 is 1.57. The minimum absolute atomic E-state index is 0.186. The van der Waals surface area contributed by atoms with Crippen LogP contribution in [0.25, 0.3) is 0 Å². The minimum Gasteiger partial charge on any atom is -0.388 e. The van der Waals surface area contributed by atoms with Crippen LogP contribution in [0.2, 0.25) is 0 Å². The summed E-state index contributed by atoms with van der Waals surface area (Å²) in [7, 11) is 0. The number of amidine groups is 1. The van der Waals surface area contributed by atoms with E-state index in [1.165, 1.54) is 12.1 Å². The van der Waals surface area contributed by atoms with Crippen LogP contribution >= 0.6 is 11.8 Å². The lowest BCUT2D eigenvalue weighted by Gasteiger charge is -2.13. The molecule has 0 aromatic heterocycles. The molecule has 4 heteroatoms. The molecule has 0 amide bonds. The van der Waals surface area contributed by atoms with E-state index in [0.717, 1.165) is 11.3 Å². The number of hydrogen-bond acceptors (Lipinski definition) is 2. The Morgan fingerprint density at radius 2 is 2.33 bits per heavy atom. The maximum Gasteiger partial charge on any atom is 0.124 e. The SMILES string of the molecule is CCC(CC(=N)N)Sc1cccc(F)c1. The van der Waals surface area contributed by atoms with E-state index in [-0.39, 0.29) is 16.9 Å². The molecule has 0 spiro atoms. The number of nitrogens with one attached hydrogen (secondary N) is 1. The molecule has 1 atom stereocenters. The van der Waals surface area contributed by atoms with E-state index in [2.05, 4.69) is 0 Å². The highest BCUT2D eigenvalue weighted by Crippen LogP contribution is 2.27. The monoisotopic (exact) mass is 226 g/mol. The molecular weight excluding hydrogens is 211 g/mol. The number of hydrogen-bond donors (Lipinski definition) is 2. The summed E-state index contributed by atoms with van der Waals surface area (Å²) in [6.07, 6.45) is 1.47. The Morgan fingerprint density at radius 1 is 1.60 bits per heavy atom. The van der Waals surface area contributed by atoms with Gasteiger partial charge in [-0.2, -0.15) is 0 Å². The van der Waals surface area contributed by atoms with E-state index in [9.17, 15) is 4.39 Å². The molecule has 3 N–H and O–H groups in total. The van der Waals surface area contributed by atoms with Gasteiger partial charge < -0.3 is 5.73 Å². The third-order valence-corrected chi connectivity index (χ3v) is 3.36. The molecule has 0 saturated heterocycles. The minimum atomic E-state index is -0.224. The molecule has 0 radical (unpaired) electrons. The van der Waals surface area contributed by atoms with Crippen LogP contribution in [0.15, 0.2) is 29.2 Å². The van der Waals surface area contributed by atoms with Gasteiger partial charge in [0, 0.05) is 16.6 Å². The Kier molecular flexibility index (Phi) is 4.62. The van der Waals surface area contributed by atoms with Crippen LogP contribution in [0.5, 0.6) is 0 Å². The van der Waals surface area contributed by atoms with Crippen molar-refractivity contribution in [3.05, 3.63) is 30.1 Å². The first-order valence-corrected chi connectivity index (χ1v) is 5.75. The molecule has 1 aromatic carbocycles. The molecule has 15 heavy (non-hydrogen) atoms. The first kappa shape index (κ1) is 12.0. The standard InChI is InChI=1S/C11H15FN2S/c1-2-9(7-11(13)14)15-10-5-3-4-8(12)6-10/h3-6,9H,2,7H2,1H3,(H3,13,14). The third kappa shape index (κ3) is 4.34. The molecule has 82 valence electrons. The van der Waals surface area contributed by atoms with Gasteiger partial charge in [0.2, 0.25) is 0 Å². The number of benzene rings is 1. The maximum absolute atomic E-state index is 12.9. The second-order valence-corrected chi connectivity index (χ2v) is 4.71. The molecular formula is C11H15FN2S. The molecule has 0 fully saturated rings. The smallest absolute Gasteiger partial charge is 0.124 e. The number of rotatable bonds is 5. The molecule has 0 aliphatic carbocycles. The zero-order valence-electron chi connectivity index (χ0n) is 8.66. The lowest BCUT2D eigenvalue weighted by molar-refractivity contribution is 0.624. The average molecular weight is 226 g/mol. The molecule has 0 heterocycles. The average Bonchev–Trinajstić information content (AvgIpc) is 2.16. The first-order valence-electron chi connectivity index (χ1n) is 4.87. The molecule has 0 aliphatic rings. The largest absolute Gasteiger partial charge is 0.388 e. The van der Waals surface area contributed by atoms with Crippen LogP contribution in [-0.4, -0.2) is 11.1 Å². The Balaban J connectivity index is 2.62.